The molecule has 0 saturated carbocycles. The fraction of sp³-hybridized carbons (Fsp3) is 0.259. The van der Waals surface area contributed by atoms with Crippen LogP contribution in [-0.4, -0.2) is 30.8 Å². The van der Waals surface area contributed by atoms with E-state index < -0.39 is 8.07 Å². The molecule has 0 aliphatic rings. The largest absolute Gasteiger partial charge is 0.465 e. The topological polar surface area (TPSA) is 43.6 Å². The van der Waals surface area contributed by atoms with Gasteiger partial charge in [0.2, 0.25) is 0 Å². The molecule has 2 heterocycles. The summed E-state index contributed by atoms with van der Waals surface area (Å²) in [6.45, 7) is 11.2. The lowest BCUT2D eigenvalue weighted by Gasteiger charge is -2.20. The van der Waals surface area contributed by atoms with E-state index in [0.29, 0.717) is 12.0 Å². The van der Waals surface area contributed by atoms with Crippen molar-refractivity contribution in [1.29, 1.82) is 0 Å². The number of fused-ring (bicyclic) bond motifs is 1. The van der Waals surface area contributed by atoms with Crippen molar-refractivity contribution in [1.82, 2.24) is 9.61 Å². The Morgan fingerprint density at radius 3 is 2.31 bits per heavy atom. The predicted octanol–water partition coefficient (Wildman–Crippen LogP) is 5.54. The summed E-state index contributed by atoms with van der Waals surface area (Å²) in [4.78, 5) is 12.2. The molecule has 0 radical (unpaired) electrons. The fourth-order valence-electron chi connectivity index (χ4n) is 4.48. The zero-order valence-electron chi connectivity index (χ0n) is 19.7. The number of nitrogens with zero attached hydrogens (tertiary/aromatic N) is 2. The van der Waals surface area contributed by atoms with Crippen LogP contribution in [0.3, 0.4) is 0 Å². The first-order valence-electron chi connectivity index (χ1n) is 11.0. The first-order chi connectivity index (χ1) is 15.2. The second-order valence-electron chi connectivity index (χ2n) is 9.42. The number of carbonyl (C=O) groups excluding carboxylic acids is 1. The molecular weight excluding hydrogens is 412 g/mol. The van der Waals surface area contributed by atoms with Gasteiger partial charge < -0.3 is 4.74 Å². The van der Waals surface area contributed by atoms with Crippen LogP contribution in [0.2, 0.25) is 19.6 Å². The monoisotopic (exact) mass is 442 g/mol. The van der Waals surface area contributed by atoms with Gasteiger partial charge in [0.25, 0.3) is 0 Å². The van der Waals surface area contributed by atoms with Crippen LogP contribution in [0.1, 0.15) is 32.6 Å². The van der Waals surface area contributed by atoms with Crippen molar-refractivity contribution in [2.75, 3.05) is 7.11 Å². The van der Waals surface area contributed by atoms with Gasteiger partial charge in [0, 0.05) is 22.9 Å². The van der Waals surface area contributed by atoms with E-state index in [2.05, 4.69) is 73.5 Å². The Morgan fingerprint density at radius 2 is 1.66 bits per heavy atom. The molecule has 4 rings (SSSR count). The molecule has 0 aliphatic carbocycles. The van der Waals surface area contributed by atoms with Gasteiger partial charge >= 0.3 is 5.97 Å². The maximum absolute atomic E-state index is 12.2. The summed E-state index contributed by atoms with van der Waals surface area (Å²) in [5.74, 6) is -0.302. The Morgan fingerprint density at radius 1 is 0.969 bits per heavy atom. The van der Waals surface area contributed by atoms with Crippen molar-refractivity contribution in [2.45, 2.75) is 39.9 Å². The van der Waals surface area contributed by atoms with Crippen LogP contribution in [0.4, 0.5) is 0 Å². The zero-order chi connectivity index (χ0) is 23.0. The molecule has 0 saturated heterocycles. The molecule has 0 N–H and O–H groups in total. The minimum atomic E-state index is -1.64. The van der Waals surface area contributed by atoms with Crippen LogP contribution in [0, 0.1) is 13.8 Å². The highest BCUT2D eigenvalue weighted by Crippen LogP contribution is 2.29. The molecule has 4 nitrogen and oxygen atoms in total. The number of methoxy groups -OCH3 is 1. The van der Waals surface area contributed by atoms with E-state index in [4.69, 9.17) is 9.84 Å². The van der Waals surface area contributed by atoms with E-state index >= 15 is 0 Å². The Hall–Kier alpha value is -3.18. The fourth-order valence-corrected chi connectivity index (χ4v) is 6.55. The van der Waals surface area contributed by atoms with Gasteiger partial charge in [-0.1, -0.05) is 68.2 Å². The summed E-state index contributed by atoms with van der Waals surface area (Å²) in [7, 11) is -0.218. The number of carbonyl (C=O) groups is 1. The number of rotatable bonds is 5. The molecule has 0 bridgehead atoms. The molecule has 0 unspecified atom stereocenters. The Bertz CT molecular complexity index is 1300. The van der Waals surface area contributed by atoms with Crippen LogP contribution >= 0.6 is 0 Å². The van der Waals surface area contributed by atoms with Crippen LogP contribution in [0.15, 0.2) is 60.7 Å². The third kappa shape index (κ3) is 4.00. The molecule has 0 fully saturated rings. The van der Waals surface area contributed by atoms with Gasteiger partial charge in [0.1, 0.15) is 8.07 Å². The van der Waals surface area contributed by atoms with Gasteiger partial charge in [-0.2, -0.15) is 5.10 Å². The zero-order valence-corrected chi connectivity index (χ0v) is 20.7. The Kier molecular flexibility index (Phi) is 5.78. The van der Waals surface area contributed by atoms with Crippen molar-refractivity contribution >= 4 is 24.9 Å². The molecule has 0 atom stereocenters. The quantitative estimate of drug-likeness (QED) is 0.301. The van der Waals surface area contributed by atoms with Crippen molar-refractivity contribution in [3.63, 3.8) is 0 Å². The standard InChI is InChI=1S/C27H30N2O2Si/c1-18-12-14-20(16-22(18)27(30)31-3)17-23-24-15-13-19(2)26(32(4,5)6)29(24)28-25(23)21-10-8-7-9-11-21/h7-16H,17H2,1-6H3. The van der Waals surface area contributed by atoms with Gasteiger partial charge in [0.05, 0.1) is 23.9 Å². The number of hydrogen-bond acceptors (Lipinski definition) is 3. The SMILES string of the molecule is COC(=O)c1cc(Cc2c(-c3ccccc3)nn3c([Si](C)(C)C)c(C)ccc23)ccc1C. The summed E-state index contributed by atoms with van der Waals surface area (Å²) in [5.41, 5.74) is 8.29. The van der Waals surface area contributed by atoms with Gasteiger partial charge in [-0.25, -0.2) is 9.31 Å². The summed E-state index contributed by atoms with van der Waals surface area (Å²) < 4.78 is 7.16. The van der Waals surface area contributed by atoms with E-state index in [0.717, 1.165) is 27.9 Å². The summed E-state index contributed by atoms with van der Waals surface area (Å²) >= 11 is 0. The maximum Gasteiger partial charge on any atom is 0.338 e. The smallest absolute Gasteiger partial charge is 0.338 e. The molecule has 0 spiro atoms. The second kappa shape index (κ2) is 8.39. The van der Waals surface area contributed by atoms with E-state index in [9.17, 15) is 4.79 Å². The number of aromatic nitrogens is 2. The van der Waals surface area contributed by atoms with Crippen LogP contribution in [-0.2, 0) is 11.2 Å². The second-order valence-corrected chi connectivity index (χ2v) is 14.4. The van der Waals surface area contributed by atoms with Crippen molar-refractivity contribution in [3.8, 4) is 11.3 Å². The predicted molar refractivity (Wildman–Crippen MR) is 134 cm³/mol. The lowest BCUT2D eigenvalue weighted by Crippen LogP contribution is -2.44. The highest BCUT2D eigenvalue weighted by Gasteiger charge is 2.26. The third-order valence-corrected chi connectivity index (χ3v) is 7.97. The van der Waals surface area contributed by atoms with E-state index in [-0.39, 0.29) is 5.97 Å². The number of hydrogen-bond donors (Lipinski definition) is 0. The molecule has 2 aromatic heterocycles. The van der Waals surface area contributed by atoms with Crippen LogP contribution in [0.5, 0.6) is 0 Å². The summed E-state index contributed by atoms with van der Waals surface area (Å²) in [6, 6.07) is 20.8. The average Bonchev–Trinajstić information content (AvgIpc) is 3.12. The molecular formula is C27H30N2O2Si. The van der Waals surface area contributed by atoms with Gasteiger partial charge in [-0.15, -0.1) is 0 Å². The normalized spacial score (nSPS) is 11.7. The molecule has 0 aliphatic heterocycles. The van der Waals surface area contributed by atoms with E-state index in [1.165, 1.54) is 23.6 Å². The minimum absolute atomic E-state index is 0.302. The molecule has 164 valence electrons. The summed E-state index contributed by atoms with van der Waals surface area (Å²) in [5, 5.41) is 6.50. The average molecular weight is 443 g/mol. The van der Waals surface area contributed by atoms with Gasteiger partial charge in [-0.05, 0) is 42.7 Å². The summed E-state index contributed by atoms with van der Waals surface area (Å²) in [6.07, 6.45) is 0.687. The highest BCUT2D eigenvalue weighted by atomic mass is 28.3. The Labute approximate surface area is 190 Å². The number of pyridine rings is 1. The van der Waals surface area contributed by atoms with Crippen LogP contribution < -0.4 is 5.32 Å². The van der Waals surface area contributed by atoms with E-state index in [1.807, 2.05) is 25.1 Å². The maximum atomic E-state index is 12.2. The minimum Gasteiger partial charge on any atom is -0.465 e. The van der Waals surface area contributed by atoms with Crippen LogP contribution in [0.25, 0.3) is 16.8 Å². The first-order valence-corrected chi connectivity index (χ1v) is 14.5. The van der Waals surface area contributed by atoms with E-state index in [1.54, 1.807) is 0 Å². The van der Waals surface area contributed by atoms with Crippen molar-refractivity contribution < 1.29 is 9.53 Å². The lowest BCUT2D eigenvalue weighted by atomic mass is 9.97. The molecule has 5 heteroatoms. The van der Waals surface area contributed by atoms with Gasteiger partial charge in [0.15, 0.2) is 0 Å². The molecule has 4 aromatic rings. The highest BCUT2D eigenvalue weighted by molar-refractivity contribution is 6.88. The number of aryl methyl sites for hydroxylation is 2. The van der Waals surface area contributed by atoms with Crippen molar-refractivity contribution in [2.24, 2.45) is 0 Å². The van der Waals surface area contributed by atoms with Gasteiger partial charge in [-0.3, -0.25) is 0 Å². The number of benzene rings is 2. The Balaban J connectivity index is 1.95. The molecule has 2 aromatic carbocycles. The van der Waals surface area contributed by atoms with Crippen molar-refractivity contribution in [3.05, 3.63) is 88.5 Å². The first kappa shape index (κ1) is 22.0. The molecule has 32 heavy (non-hydrogen) atoms. The lowest BCUT2D eigenvalue weighted by molar-refractivity contribution is 0.0600. The molecule has 0 amide bonds. The third-order valence-electron chi connectivity index (χ3n) is 5.95. The number of esters is 1. The number of ether oxygens (including phenoxy) is 1.